The van der Waals surface area contributed by atoms with Crippen molar-refractivity contribution in [1.82, 2.24) is 10.2 Å². The van der Waals surface area contributed by atoms with Crippen LogP contribution in [0.3, 0.4) is 0 Å². The highest BCUT2D eigenvalue weighted by atomic mass is 16.4. The van der Waals surface area contributed by atoms with E-state index in [1.165, 1.54) is 18.2 Å². The highest BCUT2D eigenvalue weighted by molar-refractivity contribution is 5.83. The Kier molecular flexibility index (Phi) is 5.77. The molecule has 0 fully saturated rings. The van der Waals surface area contributed by atoms with Crippen LogP contribution in [0.4, 0.5) is 4.79 Å². The largest absolute Gasteiger partial charge is 0.480 e. The van der Waals surface area contributed by atoms with Gasteiger partial charge in [-0.15, -0.1) is 0 Å². The van der Waals surface area contributed by atoms with E-state index in [4.69, 9.17) is 15.3 Å². The normalized spacial score (nSPS) is 11.7. The summed E-state index contributed by atoms with van der Waals surface area (Å²) in [5, 5.41) is 11.4. The Labute approximate surface area is 121 Å². The Bertz CT molecular complexity index is 526. The lowest BCUT2D eigenvalue weighted by Crippen LogP contribution is -2.46. The fourth-order valence-corrected chi connectivity index (χ4v) is 1.71. The lowest BCUT2D eigenvalue weighted by molar-refractivity contribution is -0.139. The summed E-state index contributed by atoms with van der Waals surface area (Å²) in [4.78, 5) is 35.0. The van der Waals surface area contributed by atoms with Crippen LogP contribution in [-0.2, 0) is 16.1 Å². The zero-order chi connectivity index (χ0) is 16.0. The van der Waals surface area contributed by atoms with Gasteiger partial charge >= 0.3 is 12.0 Å². The van der Waals surface area contributed by atoms with Crippen molar-refractivity contribution in [3.63, 3.8) is 0 Å². The standard InChI is InChI=1S/C13H19N3O5/c1-8-9(5-6-21-8)7-16(2)13(20)15-10(12(18)19)3-4-11(14)17/h5-6,10H,3-4,7H2,1-2H3,(H2,14,17)(H,15,20)(H,18,19). The number of nitrogens with zero attached hydrogens (tertiary/aromatic N) is 1. The first-order valence-corrected chi connectivity index (χ1v) is 6.37. The van der Waals surface area contributed by atoms with Gasteiger partial charge in [0.25, 0.3) is 0 Å². The van der Waals surface area contributed by atoms with Crippen LogP contribution < -0.4 is 11.1 Å². The van der Waals surface area contributed by atoms with Crippen LogP contribution in [0.25, 0.3) is 0 Å². The summed E-state index contributed by atoms with van der Waals surface area (Å²) >= 11 is 0. The molecule has 1 atom stereocenters. The average Bonchev–Trinajstić information content (AvgIpc) is 2.79. The highest BCUT2D eigenvalue weighted by Gasteiger charge is 2.22. The van der Waals surface area contributed by atoms with Crippen molar-refractivity contribution in [3.8, 4) is 0 Å². The van der Waals surface area contributed by atoms with E-state index in [1.807, 2.05) is 0 Å². The molecule has 1 aromatic rings. The highest BCUT2D eigenvalue weighted by Crippen LogP contribution is 2.11. The number of carbonyl (C=O) groups is 3. The van der Waals surface area contributed by atoms with Gasteiger partial charge in [-0.1, -0.05) is 0 Å². The smallest absolute Gasteiger partial charge is 0.326 e. The average molecular weight is 297 g/mol. The minimum absolute atomic E-state index is 0.0466. The number of urea groups is 1. The molecule has 21 heavy (non-hydrogen) atoms. The third-order valence-corrected chi connectivity index (χ3v) is 3.00. The van der Waals surface area contributed by atoms with Crippen LogP contribution in [0.5, 0.6) is 0 Å². The second kappa shape index (κ2) is 7.32. The molecule has 0 spiro atoms. The third kappa shape index (κ3) is 5.17. The molecule has 0 bridgehead atoms. The second-order valence-electron chi connectivity index (χ2n) is 4.70. The summed E-state index contributed by atoms with van der Waals surface area (Å²) in [6.07, 6.45) is 1.36. The topological polar surface area (TPSA) is 126 Å². The van der Waals surface area contributed by atoms with Gasteiger partial charge in [0, 0.05) is 19.0 Å². The molecule has 3 amide bonds. The van der Waals surface area contributed by atoms with E-state index in [0.29, 0.717) is 5.76 Å². The predicted octanol–water partition coefficient (Wildman–Crippen LogP) is 0.448. The lowest BCUT2D eigenvalue weighted by Gasteiger charge is -2.21. The van der Waals surface area contributed by atoms with Gasteiger partial charge in [0.05, 0.1) is 12.8 Å². The quantitative estimate of drug-likeness (QED) is 0.673. The number of nitrogens with one attached hydrogen (secondary N) is 1. The summed E-state index contributed by atoms with van der Waals surface area (Å²) < 4.78 is 5.13. The minimum Gasteiger partial charge on any atom is -0.480 e. The molecule has 1 unspecified atom stereocenters. The van der Waals surface area contributed by atoms with E-state index < -0.39 is 23.9 Å². The second-order valence-corrected chi connectivity index (χ2v) is 4.70. The van der Waals surface area contributed by atoms with E-state index in [1.54, 1.807) is 13.0 Å². The molecule has 0 saturated heterocycles. The van der Waals surface area contributed by atoms with Gasteiger partial charge in [-0.3, -0.25) is 4.79 Å². The van der Waals surface area contributed by atoms with Gasteiger partial charge in [0.1, 0.15) is 11.8 Å². The minimum atomic E-state index is -1.21. The monoisotopic (exact) mass is 297 g/mol. The number of nitrogens with two attached hydrogens (primary N) is 1. The zero-order valence-corrected chi connectivity index (χ0v) is 12.0. The summed E-state index contributed by atoms with van der Waals surface area (Å²) in [7, 11) is 1.54. The molecule has 1 heterocycles. The molecular formula is C13H19N3O5. The molecule has 0 aliphatic rings. The number of furan rings is 1. The molecule has 4 N–H and O–H groups in total. The van der Waals surface area contributed by atoms with Crippen LogP contribution in [0.1, 0.15) is 24.2 Å². The van der Waals surface area contributed by atoms with Gasteiger partial charge in [-0.05, 0) is 19.4 Å². The Morgan fingerprint density at radius 2 is 2.14 bits per heavy atom. The number of primary amides is 1. The number of rotatable bonds is 7. The maximum Gasteiger partial charge on any atom is 0.326 e. The Morgan fingerprint density at radius 1 is 1.48 bits per heavy atom. The van der Waals surface area contributed by atoms with E-state index >= 15 is 0 Å². The number of carboxylic acid groups (broad SMARTS) is 1. The van der Waals surface area contributed by atoms with E-state index in [0.717, 1.165) is 5.56 Å². The summed E-state index contributed by atoms with van der Waals surface area (Å²) in [6, 6.07) is 0.0336. The predicted molar refractivity (Wildman–Crippen MR) is 73.3 cm³/mol. The molecular weight excluding hydrogens is 278 g/mol. The van der Waals surface area contributed by atoms with Crippen LogP contribution in [0, 0.1) is 6.92 Å². The molecule has 8 heteroatoms. The molecule has 0 aliphatic heterocycles. The molecule has 1 rings (SSSR count). The zero-order valence-electron chi connectivity index (χ0n) is 12.0. The third-order valence-electron chi connectivity index (χ3n) is 3.00. The fourth-order valence-electron chi connectivity index (χ4n) is 1.71. The first-order valence-electron chi connectivity index (χ1n) is 6.37. The number of hydrogen-bond donors (Lipinski definition) is 3. The number of aliphatic carboxylic acids is 1. The molecule has 0 aliphatic carbocycles. The number of hydrogen-bond acceptors (Lipinski definition) is 4. The number of carboxylic acids is 1. The van der Waals surface area contributed by atoms with Gasteiger partial charge in [-0.25, -0.2) is 9.59 Å². The maximum absolute atomic E-state index is 11.9. The molecule has 8 nitrogen and oxygen atoms in total. The van der Waals surface area contributed by atoms with Crippen molar-refractivity contribution in [1.29, 1.82) is 0 Å². The van der Waals surface area contributed by atoms with Crippen molar-refractivity contribution in [3.05, 3.63) is 23.7 Å². The molecule has 0 radical (unpaired) electrons. The van der Waals surface area contributed by atoms with E-state index in [9.17, 15) is 14.4 Å². The van der Waals surface area contributed by atoms with Gasteiger partial charge in [-0.2, -0.15) is 0 Å². The van der Waals surface area contributed by atoms with Crippen molar-refractivity contribution in [2.24, 2.45) is 5.73 Å². The van der Waals surface area contributed by atoms with Crippen molar-refractivity contribution in [2.45, 2.75) is 32.4 Å². The summed E-state index contributed by atoms with van der Waals surface area (Å²) in [6.45, 7) is 2.06. The maximum atomic E-state index is 11.9. The van der Waals surface area contributed by atoms with Gasteiger partial charge < -0.3 is 25.5 Å². The van der Waals surface area contributed by atoms with Gasteiger partial charge in [0.2, 0.25) is 5.91 Å². The fraction of sp³-hybridized carbons (Fsp3) is 0.462. The molecule has 0 aromatic carbocycles. The first-order chi connectivity index (χ1) is 9.81. The lowest BCUT2D eigenvalue weighted by atomic mass is 10.1. The Morgan fingerprint density at radius 3 is 2.62 bits per heavy atom. The van der Waals surface area contributed by atoms with E-state index in [2.05, 4.69) is 5.32 Å². The SMILES string of the molecule is Cc1occc1CN(C)C(=O)NC(CCC(N)=O)C(=O)O. The van der Waals surface area contributed by atoms with Crippen LogP contribution in [0.2, 0.25) is 0 Å². The van der Waals surface area contributed by atoms with Crippen molar-refractivity contribution >= 4 is 17.9 Å². The van der Waals surface area contributed by atoms with Crippen molar-refractivity contribution in [2.75, 3.05) is 7.05 Å². The Hall–Kier alpha value is -2.51. The number of amides is 3. The number of aryl methyl sites for hydroxylation is 1. The van der Waals surface area contributed by atoms with E-state index in [-0.39, 0.29) is 19.4 Å². The van der Waals surface area contributed by atoms with Gasteiger partial charge in [0.15, 0.2) is 0 Å². The van der Waals surface area contributed by atoms with Crippen LogP contribution >= 0.6 is 0 Å². The first kappa shape index (κ1) is 16.5. The molecule has 116 valence electrons. The van der Waals surface area contributed by atoms with Crippen LogP contribution in [0.15, 0.2) is 16.7 Å². The van der Waals surface area contributed by atoms with Crippen LogP contribution in [-0.4, -0.2) is 41.0 Å². The molecule has 0 saturated carbocycles. The van der Waals surface area contributed by atoms with Crippen molar-refractivity contribution < 1.29 is 23.9 Å². The number of carbonyl (C=O) groups excluding carboxylic acids is 2. The summed E-state index contributed by atoms with van der Waals surface area (Å²) in [5.41, 5.74) is 5.80. The summed E-state index contributed by atoms with van der Waals surface area (Å²) in [5.74, 6) is -1.13. The Balaban J connectivity index is 2.58. The molecule has 1 aromatic heterocycles.